The van der Waals surface area contributed by atoms with Crippen molar-refractivity contribution in [3.8, 4) is 11.8 Å². The summed E-state index contributed by atoms with van der Waals surface area (Å²) in [5.41, 5.74) is 2.76. The highest BCUT2D eigenvalue weighted by Crippen LogP contribution is 2.29. The second kappa shape index (κ2) is 8.85. The van der Waals surface area contributed by atoms with Crippen LogP contribution in [0.25, 0.3) is 10.9 Å². The van der Waals surface area contributed by atoms with Crippen LogP contribution in [0.1, 0.15) is 35.5 Å². The summed E-state index contributed by atoms with van der Waals surface area (Å²) in [6.45, 7) is 8.03. The van der Waals surface area contributed by atoms with Gasteiger partial charge >= 0.3 is 5.56 Å². The number of aromatic nitrogens is 3. The summed E-state index contributed by atoms with van der Waals surface area (Å²) in [7, 11) is 1.48. The fourth-order valence-electron chi connectivity index (χ4n) is 4.06. The van der Waals surface area contributed by atoms with Gasteiger partial charge in [-0.05, 0) is 38.0 Å². The second-order valence-corrected chi connectivity index (χ2v) is 7.76. The number of hydrogen-bond donors (Lipinski definition) is 1. The Balaban J connectivity index is 1.84. The van der Waals surface area contributed by atoms with Crippen molar-refractivity contribution in [3.05, 3.63) is 57.3 Å². The largest absolute Gasteiger partial charge is 0.490 e. The van der Waals surface area contributed by atoms with Crippen LogP contribution >= 0.6 is 0 Å². The second-order valence-electron chi connectivity index (χ2n) is 7.76. The van der Waals surface area contributed by atoms with Crippen molar-refractivity contribution in [1.82, 2.24) is 14.6 Å². The third-order valence-corrected chi connectivity index (χ3v) is 5.74. The Kier molecular flexibility index (Phi) is 5.97. The van der Waals surface area contributed by atoms with Gasteiger partial charge in [0, 0.05) is 6.20 Å². The van der Waals surface area contributed by atoms with Crippen LogP contribution in [-0.4, -0.2) is 48.1 Å². The quantitative estimate of drug-likeness (QED) is 0.653. The molecule has 1 aliphatic rings. The topological polar surface area (TPSA) is 105 Å². The number of nitrogens with zero attached hydrogens (tertiary/aromatic N) is 5. The number of methoxy groups -OCH3 is 1. The molecule has 2 aromatic heterocycles. The molecule has 1 aromatic carbocycles. The lowest BCUT2D eigenvalue weighted by Crippen LogP contribution is -2.48. The first kappa shape index (κ1) is 21.6. The summed E-state index contributed by atoms with van der Waals surface area (Å²) >= 11 is 0. The molecule has 9 heteroatoms. The number of nitrogens with one attached hydrogen (secondary N) is 1. The Bertz CT molecular complexity index is 1260. The molecule has 1 atom stereocenters. The fourth-order valence-corrected chi connectivity index (χ4v) is 4.06. The van der Waals surface area contributed by atoms with E-state index < -0.39 is 0 Å². The van der Waals surface area contributed by atoms with Crippen molar-refractivity contribution in [3.63, 3.8) is 0 Å². The van der Waals surface area contributed by atoms with E-state index in [9.17, 15) is 10.1 Å². The summed E-state index contributed by atoms with van der Waals surface area (Å²) < 4.78 is 12.5. The molecule has 1 N–H and O–H groups in total. The summed E-state index contributed by atoms with van der Waals surface area (Å²) in [6.07, 6.45) is 1.76. The average Bonchev–Trinajstić information content (AvgIpc) is 2.79. The van der Waals surface area contributed by atoms with Crippen LogP contribution in [-0.2, 0) is 4.74 Å². The Hall–Kier alpha value is -3.64. The molecule has 3 heterocycles. The summed E-state index contributed by atoms with van der Waals surface area (Å²) in [5.74, 6) is 1.30. The van der Waals surface area contributed by atoms with Crippen LogP contribution in [0.3, 0.4) is 0 Å². The first-order valence-electron chi connectivity index (χ1n) is 10.5. The normalized spacial score (nSPS) is 14.8. The molecule has 0 amide bonds. The first-order chi connectivity index (χ1) is 15.4. The molecule has 0 spiro atoms. The molecule has 0 aliphatic carbocycles. The Morgan fingerprint density at radius 1 is 1.25 bits per heavy atom. The van der Waals surface area contributed by atoms with Crippen molar-refractivity contribution in [1.29, 1.82) is 5.26 Å². The van der Waals surface area contributed by atoms with E-state index in [1.165, 1.54) is 7.11 Å². The molecule has 0 unspecified atom stereocenters. The highest BCUT2D eigenvalue weighted by Gasteiger charge is 2.22. The highest BCUT2D eigenvalue weighted by atomic mass is 16.5. The summed E-state index contributed by atoms with van der Waals surface area (Å²) in [5, 5.41) is 15.5. The van der Waals surface area contributed by atoms with Gasteiger partial charge in [0.15, 0.2) is 0 Å². The predicted octanol–water partition coefficient (Wildman–Crippen LogP) is 2.43. The van der Waals surface area contributed by atoms with E-state index in [0.717, 1.165) is 11.1 Å². The lowest BCUT2D eigenvalue weighted by Gasteiger charge is -2.30. The van der Waals surface area contributed by atoms with Gasteiger partial charge in [0.1, 0.15) is 17.2 Å². The zero-order valence-electron chi connectivity index (χ0n) is 18.7. The summed E-state index contributed by atoms with van der Waals surface area (Å²) in [4.78, 5) is 22.3. The van der Waals surface area contributed by atoms with E-state index >= 15 is 0 Å². The van der Waals surface area contributed by atoms with Crippen molar-refractivity contribution < 1.29 is 9.47 Å². The van der Waals surface area contributed by atoms with E-state index in [1.54, 1.807) is 17.8 Å². The molecule has 1 saturated heterocycles. The number of rotatable bonds is 5. The van der Waals surface area contributed by atoms with E-state index in [-0.39, 0.29) is 17.4 Å². The third kappa shape index (κ3) is 3.85. The molecule has 1 fully saturated rings. The minimum atomic E-state index is -0.267. The third-order valence-electron chi connectivity index (χ3n) is 5.74. The van der Waals surface area contributed by atoms with Gasteiger partial charge in [-0.2, -0.15) is 5.26 Å². The lowest BCUT2D eigenvalue weighted by atomic mass is 9.98. The summed E-state index contributed by atoms with van der Waals surface area (Å²) in [6, 6.07) is 7.78. The van der Waals surface area contributed by atoms with Gasteiger partial charge in [-0.15, -0.1) is 0 Å². The SMILES string of the molecule is COc1c(=O)n(N2CCOCC2)cc2c(N[C@H](C)c3cccc(C#N)c3C)nc(C)nc12. The first-order valence-corrected chi connectivity index (χ1v) is 10.5. The van der Waals surface area contributed by atoms with Crippen molar-refractivity contribution in [2.24, 2.45) is 0 Å². The molecule has 0 radical (unpaired) electrons. The zero-order chi connectivity index (χ0) is 22.8. The molecular formula is C23H26N6O3. The number of anilines is 1. The van der Waals surface area contributed by atoms with Crippen molar-refractivity contribution >= 4 is 16.7 Å². The van der Waals surface area contributed by atoms with Gasteiger partial charge in [0.2, 0.25) is 5.75 Å². The lowest BCUT2D eigenvalue weighted by molar-refractivity contribution is 0.110. The van der Waals surface area contributed by atoms with Gasteiger partial charge in [0.25, 0.3) is 0 Å². The number of pyridine rings is 1. The number of benzene rings is 1. The van der Waals surface area contributed by atoms with E-state index in [2.05, 4.69) is 21.4 Å². The zero-order valence-corrected chi connectivity index (χ0v) is 18.7. The van der Waals surface area contributed by atoms with Gasteiger partial charge in [-0.25, -0.2) is 14.6 Å². The molecule has 0 saturated carbocycles. The van der Waals surface area contributed by atoms with Gasteiger partial charge in [0.05, 0.1) is 56.5 Å². The van der Waals surface area contributed by atoms with E-state index in [4.69, 9.17) is 9.47 Å². The maximum Gasteiger partial charge on any atom is 0.313 e. The minimum Gasteiger partial charge on any atom is -0.490 e. The Morgan fingerprint density at radius 3 is 2.69 bits per heavy atom. The van der Waals surface area contributed by atoms with Crippen LogP contribution in [0.4, 0.5) is 5.82 Å². The number of hydrogen-bond acceptors (Lipinski definition) is 8. The van der Waals surface area contributed by atoms with Crippen LogP contribution < -0.4 is 20.6 Å². The number of fused-ring (bicyclic) bond motifs is 1. The highest BCUT2D eigenvalue weighted by molar-refractivity contribution is 5.92. The van der Waals surface area contributed by atoms with Crippen LogP contribution in [0.15, 0.2) is 29.2 Å². The smallest absolute Gasteiger partial charge is 0.313 e. The maximum absolute atomic E-state index is 13.1. The number of aryl methyl sites for hydroxylation is 1. The van der Waals surface area contributed by atoms with E-state index in [1.807, 2.05) is 37.1 Å². The van der Waals surface area contributed by atoms with Crippen LogP contribution in [0, 0.1) is 25.2 Å². The fraction of sp³-hybridized carbons (Fsp3) is 0.391. The van der Waals surface area contributed by atoms with Crippen LogP contribution in [0.5, 0.6) is 5.75 Å². The molecule has 1 aliphatic heterocycles. The van der Waals surface area contributed by atoms with Crippen molar-refractivity contribution in [2.45, 2.75) is 26.8 Å². The molecule has 3 aromatic rings. The van der Waals surface area contributed by atoms with Crippen LogP contribution in [0.2, 0.25) is 0 Å². The monoisotopic (exact) mass is 434 g/mol. The Labute approximate surface area is 186 Å². The molecule has 0 bridgehead atoms. The van der Waals surface area contributed by atoms with E-state index in [0.29, 0.717) is 54.4 Å². The molecule has 9 nitrogen and oxygen atoms in total. The minimum absolute atomic E-state index is 0.129. The van der Waals surface area contributed by atoms with Gasteiger partial charge in [-0.3, -0.25) is 4.79 Å². The van der Waals surface area contributed by atoms with Gasteiger partial charge < -0.3 is 19.8 Å². The maximum atomic E-state index is 13.1. The number of morpholine rings is 1. The standard InChI is InChI=1S/C23H26N6O3/c1-14-17(12-24)6-5-7-18(14)15(2)25-22-19-13-29(28-8-10-32-11-9-28)23(30)21(31-4)20(19)26-16(3)27-22/h5-7,13,15H,8-11H2,1-4H3,(H,25,26,27)/t15-/m1/s1. The predicted molar refractivity (Wildman–Crippen MR) is 122 cm³/mol. The van der Waals surface area contributed by atoms with Gasteiger partial charge in [-0.1, -0.05) is 12.1 Å². The molecule has 32 heavy (non-hydrogen) atoms. The van der Waals surface area contributed by atoms with Crippen molar-refractivity contribution in [2.75, 3.05) is 43.7 Å². The number of nitriles is 1. The number of ether oxygens (including phenoxy) is 2. The molecule has 166 valence electrons. The molecular weight excluding hydrogens is 408 g/mol. The average molecular weight is 435 g/mol. The molecule has 4 rings (SSSR count). The Morgan fingerprint density at radius 2 is 2.00 bits per heavy atom.